The molecule has 1 N–H and O–H groups in total. The van der Waals surface area contributed by atoms with Gasteiger partial charge in [-0.1, -0.05) is 11.6 Å². The summed E-state index contributed by atoms with van der Waals surface area (Å²) >= 11 is 5.93. The molecular weight excluding hydrogens is 540 g/mol. The van der Waals surface area contributed by atoms with E-state index in [1.54, 1.807) is 51.0 Å². The highest BCUT2D eigenvalue weighted by Gasteiger charge is 2.29. The van der Waals surface area contributed by atoms with E-state index in [2.05, 4.69) is 10.3 Å². The summed E-state index contributed by atoms with van der Waals surface area (Å²) in [5.74, 6) is 1.09. The molecule has 39 heavy (non-hydrogen) atoms. The number of carbonyl (C=O) groups excluding carboxylic acids is 1. The predicted molar refractivity (Wildman–Crippen MR) is 151 cm³/mol. The third-order valence-corrected chi connectivity index (χ3v) is 8.28. The van der Waals surface area contributed by atoms with Crippen molar-refractivity contribution in [3.8, 4) is 28.4 Å². The van der Waals surface area contributed by atoms with Gasteiger partial charge in [-0.15, -0.1) is 0 Å². The van der Waals surface area contributed by atoms with E-state index in [0.29, 0.717) is 22.2 Å². The Morgan fingerprint density at radius 3 is 2.05 bits per heavy atom. The maximum absolute atomic E-state index is 13.3. The molecule has 1 amide bonds. The first kappa shape index (κ1) is 28.2. The van der Waals surface area contributed by atoms with Crippen molar-refractivity contribution < 1.29 is 22.7 Å². The average Bonchev–Trinajstić information content (AvgIpc) is 3.35. The van der Waals surface area contributed by atoms with Gasteiger partial charge in [0.1, 0.15) is 11.5 Å². The van der Waals surface area contributed by atoms with Gasteiger partial charge in [0.15, 0.2) is 0 Å². The van der Waals surface area contributed by atoms with Crippen LogP contribution in [0.3, 0.4) is 0 Å². The first-order chi connectivity index (χ1) is 18.6. The highest BCUT2D eigenvalue weighted by Crippen LogP contribution is 2.27. The van der Waals surface area contributed by atoms with Gasteiger partial charge in [0.2, 0.25) is 21.9 Å². The number of sulfonamides is 1. The number of anilines is 1. The lowest BCUT2D eigenvalue weighted by Gasteiger charge is -2.25. The minimum Gasteiger partial charge on any atom is -0.497 e. The van der Waals surface area contributed by atoms with Crippen LogP contribution in [-0.4, -0.2) is 55.0 Å². The summed E-state index contributed by atoms with van der Waals surface area (Å²) < 4.78 is 40.0. The zero-order valence-electron chi connectivity index (χ0n) is 22.0. The number of halogens is 1. The third-order valence-electron chi connectivity index (χ3n) is 5.99. The molecule has 4 aromatic rings. The van der Waals surface area contributed by atoms with Crippen LogP contribution in [0.5, 0.6) is 11.5 Å². The fourth-order valence-corrected chi connectivity index (χ4v) is 5.62. The first-order valence-corrected chi connectivity index (χ1v) is 13.9. The predicted octanol–water partition coefficient (Wildman–Crippen LogP) is 5.25. The summed E-state index contributed by atoms with van der Waals surface area (Å²) in [5.41, 5.74) is 2.15. The number of benzene rings is 3. The first-order valence-electron chi connectivity index (χ1n) is 12.1. The standard InChI is InChI=1S/C28H29ClN4O5S/c1-19(2)33(39(35,36)25-15-7-21(29)8-16-25)18-27(34)31-28-30-26(20-5-11-23(37-3)12-6-20)17-32(28)22-9-13-24(38-4)14-10-22/h5-17,19H,18H2,1-4H3,(H,30,31,34). The van der Waals surface area contributed by atoms with Gasteiger partial charge in [0, 0.05) is 28.5 Å². The van der Waals surface area contributed by atoms with Gasteiger partial charge in [-0.3, -0.25) is 14.7 Å². The molecule has 4 rings (SSSR count). The Morgan fingerprint density at radius 2 is 1.51 bits per heavy atom. The van der Waals surface area contributed by atoms with Crippen LogP contribution < -0.4 is 14.8 Å². The third kappa shape index (κ3) is 6.42. The maximum atomic E-state index is 13.3. The van der Waals surface area contributed by atoms with Crippen molar-refractivity contribution in [1.29, 1.82) is 0 Å². The van der Waals surface area contributed by atoms with Crippen molar-refractivity contribution in [2.24, 2.45) is 0 Å². The monoisotopic (exact) mass is 568 g/mol. The van der Waals surface area contributed by atoms with E-state index in [-0.39, 0.29) is 10.8 Å². The van der Waals surface area contributed by atoms with Crippen molar-refractivity contribution in [3.63, 3.8) is 0 Å². The zero-order chi connectivity index (χ0) is 28.2. The van der Waals surface area contributed by atoms with Crippen LogP contribution in [0.4, 0.5) is 5.95 Å². The molecule has 9 nitrogen and oxygen atoms in total. The van der Waals surface area contributed by atoms with E-state index in [9.17, 15) is 13.2 Å². The Labute approximate surface area is 233 Å². The SMILES string of the molecule is COc1ccc(-c2cn(-c3ccc(OC)cc3)c(NC(=O)CN(C(C)C)S(=O)(=O)c3ccc(Cl)cc3)n2)cc1. The summed E-state index contributed by atoms with van der Waals surface area (Å²) in [4.78, 5) is 17.9. The molecule has 3 aromatic carbocycles. The van der Waals surface area contributed by atoms with Gasteiger partial charge in [-0.25, -0.2) is 13.4 Å². The maximum Gasteiger partial charge on any atom is 0.243 e. The number of imidazole rings is 1. The number of nitrogens with one attached hydrogen (secondary N) is 1. The van der Waals surface area contributed by atoms with Crippen molar-refractivity contribution in [2.75, 3.05) is 26.1 Å². The Bertz CT molecular complexity index is 1530. The van der Waals surface area contributed by atoms with Crippen LogP contribution in [0.25, 0.3) is 16.9 Å². The molecule has 0 atom stereocenters. The molecule has 1 aromatic heterocycles. The van der Waals surface area contributed by atoms with Gasteiger partial charge in [-0.05, 0) is 86.6 Å². The molecule has 0 unspecified atom stereocenters. The van der Waals surface area contributed by atoms with Crippen LogP contribution >= 0.6 is 11.6 Å². The molecule has 0 aliphatic heterocycles. The summed E-state index contributed by atoms with van der Waals surface area (Å²) in [6.45, 7) is 3.01. The van der Waals surface area contributed by atoms with Crippen LogP contribution in [0.1, 0.15) is 13.8 Å². The lowest BCUT2D eigenvalue weighted by Crippen LogP contribution is -2.42. The van der Waals surface area contributed by atoms with Crippen molar-refractivity contribution >= 4 is 33.5 Å². The van der Waals surface area contributed by atoms with Gasteiger partial charge in [0.05, 0.1) is 31.4 Å². The van der Waals surface area contributed by atoms with Crippen molar-refractivity contribution in [1.82, 2.24) is 13.9 Å². The van der Waals surface area contributed by atoms with E-state index in [1.807, 2.05) is 36.4 Å². The molecule has 0 radical (unpaired) electrons. The van der Waals surface area contributed by atoms with Gasteiger partial charge >= 0.3 is 0 Å². The van der Waals surface area contributed by atoms with Crippen molar-refractivity contribution in [2.45, 2.75) is 24.8 Å². The minimum atomic E-state index is -3.96. The number of hydrogen-bond donors (Lipinski definition) is 1. The number of hydrogen-bond acceptors (Lipinski definition) is 6. The number of ether oxygens (including phenoxy) is 2. The summed E-state index contributed by atoms with van der Waals surface area (Å²) in [6.07, 6.45) is 1.80. The molecular formula is C28H29ClN4O5S. The van der Waals surface area contributed by atoms with Crippen LogP contribution in [0.15, 0.2) is 83.9 Å². The molecule has 0 spiro atoms. The Kier molecular flexibility index (Phi) is 8.59. The second kappa shape index (κ2) is 11.9. The lowest BCUT2D eigenvalue weighted by atomic mass is 10.1. The van der Waals surface area contributed by atoms with Crippen LogP contribution in [-0.2, 0) is 14.8 Å². The van der Waals surface area contributed by atoms with Gasteiger partial charge in [0.25, 0.3) is 0 Å². The lowest BCUT2D eigenvalue weighted by molar-refractivity contribution is -0.116. The highest BCUT2D eigenvalue weighted by atomic mass is 35.5. The second-order valence-electron chi connectivity index (χ2n) is 8.89. The highest BCUT2D eigenvalue weighted by molar-refractivity contribution is 7.89. The van der Waals surface area contributed by atoms with Crippen molar-refractivity contribution in [3.05, 3.63) is 84.0 Å². The molecule has 0 aliphatic rings. The molecule has 204 valence electrons. The number of aromatic nitrogens is 2. The second-order valence-corrected chi connectivity index (χ2v) is 11.2. The molecule has 0 saturated heterocycles. The van der Waals surface area contributed by atoms with E-state index < -0.39 is 28.5 Å². The fraction of sp³-hybridized carbons (Fsp3) is 0.214. The van der Waals surface area contributed by atoms with E-state index in [4.69, 9.17) is 21.1 Å². The summed E-state index contributed by atoms with van der Waals surface area (Å²) in [5, 5.41) is 3.22. The number of amides is 1. The number of nitrogens with zero attached hydrogens (tertiary/aromatic N) is 3. The van der Waals surface area contributed by atoms with Crippen LogP contribution in [0, 0.1) is 0 Å². The van der Waals surface area contributed by atoms with Gasteiger partial charge in [-0.2, -0.15) is 4.31 Å². The molecule has 0 fully saturated rings. The zero-order valence-corrected chi connectivity index (χ0v) is 23.5. The Balaban J connectivity index is 1.65. The Morgan fingerprint density at radius 1 is 0.949 bits per heavy atom. The average molecular weight is 569 g/mol. The fourth-order valence-electron chi connectivity index (χ4n) is 3.90. The van der Waals surface area contributed by atoms with E-state index in [1.165, 1.54) is 24.3 Å². The number of rotatable bonds is 10. The quantitative estimate of drug-likeness (QED) is 0.280. The minimum absolute atomic E-state index is 0.0509. The molecule has 1 heterocycles. The summed E-state index contributed by atoms with van der Waals surface area (Å²) in [6, 6.07) is 20.0. The molecule has 11 heteroatoms. The Hall–Kier alpha value is -3.86. The largest absolute Gasteiger partial charge is 0.497 e. The number of carbonyl (C=O) groups is 1. The summed E-state index contributed by atoms with van der Waals surface area (Å²) in [7, 11) is -0.784. The normalized spacial score (nSPS) is 11.6. The topological polar surface area (TPSA) is 103 Å². The number of methoxy groups -OCH3 is 2. The molecule has 0 saturated carbocycles. The molecule has 0 aliphatic carbocycles. The van der Waals surface area contributed by atoms with E-state index in [0.717, 1.165) is 15.6 Å². The van der Waals surface area contributed by atoms with Gasteiger partial charge < -0.3 is 9.47 Å². The van der Waals surface area contributed by atoms with Crippen LogP contribution in [0.2, 0.25) is 5.02 Å². The molecule has 0 bridgehead atoms. The smallest absolute Gasteiger partial charge is 0.243 e. The van der Waals surface area contributed by atoms with E-state index >= 15 is 0 Å².